The first-order chi connectivity index (χ1) is 9.61. The van der Waals surface area contributed by atoms with Gasteiger partial charge in [-0.05, 0) is 43.4 Å². The first-order valence-electron chi connectivity index (χ1n) is 7.66. The fourth-order valence-electron chi connectivity index (χ4n) is 3.15. The molecule has 3 nitrogen and oxygen atoms in total. The zero-order chi connectivity index (χ0) is 14.7. The molecule has 0 saturated heterocycles. The van der Waals surface area contributed by atoms with Crippen LogP contribution in [0.3, 0.4) is 0 Å². The number of carbonyl (C=O) groups excluding carboxylic acids is 1. The number of ether oxygens (including phenoxy) is 1. The summed E-state index contributed by atoms with van der Waals surface area (Å²) in [5.41, 5.74) is 3.85. The van der Waals surface area contributed by atoms with Gasteiger partial charge in [0, 0.05) is 0 Å². The summed E-state index contributed by atoms with van der Waals surface area (Å²) in [4.78, 5) is 14.3. The van der Waals surface area contributed by atoms with Crippen molar-refractivity contribution in [3.8, 4) is 0 Å². The largest absolute Gasteiger partial charge is 0.449 e. The lowest BCUT2D eigenvalue weighted by molar-refractivity contribution is 0.0753. The number of nitrogens with zero attached hydrogens (tertiary/aromatic N) is 1. The number of unbranched alkanes of at least 4 members (excludes halogenated alkanes) is 1. The standard InChI is InChI=1S/C17H25NO2/c1-5-7-11-20-17(19)18-13(4)14-10-8-9-12(3)16(14)15(18)6-2/h8-10,13,15H,5-7,11H2,1-4H3/t13-,15+/m0/s1. The summed E-state index contributed by atoms with van der Waals surface area (Å²) in [6.45, 7) is 8.96. The van der Waals surface area contributed by atoms with Gasteiger partial charge < -0.3 is 4.74 Å². The summed E-state index contributed by atoms with van der Waals surface area (Å²) in [7, 11) is 0. The van der Waals surface area contributed by atoms with Crippen LogP contribution >= 0.6 is 0 Å². The maximum atomic E-state index is 12.4. The Hall–Kier alpha value is -1.51. The van der Waals surface area contributed by atoms with E-state index in [2.05, 4.69) is 45.9 Å². The number of fused-ring (bicyclic) bond motifs is 1. The lowest BCUT2D eigenvalue weighted by atomic mass is 9.96. The predicted molar refractivity (Wildman–Crippen MR) is 80.7 cm³/mol. The van der Waals surface area contributed by atoms with Crippen LogP contribution in [0, 0.1) is 6.92 Å². The van der Waals surface area contributed by atoms with E-state index in [0.717, 1.165) is 19.3 Å². The Bertz CT molecular complexity index is 484. The topological polar surface area (TPSA) is 29.5 Å². The Balaban J connectivity index is 2.23. The number of hydrogen-bond acceptors (Lipinski definition) is 2. The van der Waals surface area contributed by atoms with E-state index in [1.165, 1.54) is 16.7 Å². The SMILES string of the molecule is CCCCOC(=O)N1[C@H](CC)c2c(C)cccc2[C@@H]1C. The fourth-order valence-corrected chi connectivity index (χ4v) is 3.15. The van der Waals surface area contributed by atoms with Crippen LogP contribution < -0.4 is 0 Å². The second kappa shape index (κ2) is 6.29. The second-order valence-electron chi connectivity index (χ2n) is 5.55. The number of rotatable bonds is 4. The van der Waals surface area contributed by atoms with Gasteiger partial charge in [-0.2, -0.15) is 0 Å². The number of hydrogen-bond donors (Lipinski definition) is 0. The fraction of sp³-hybridized carbons (Fsp3) is 0.588. The lowest BCUT2D eigenvalue weighted by Crippen LogP contribution is -2.32. The maximum Gasteiger partial charge on any atom is 0.410 e. The maximum absolute atomic E-state index is 12.4. The summed E-state index contributed by atoms with van der Waals surface area (Å²) in [6, 6.07) is 6.58. The van der Waals surface area contributed by atoms with Crippen LogP contribution in [0.15, 0.2) is 18.2 Å². The molecule has 0 radical (unpaired) electrons. The molecule has 2 rings (SSSR count). The molecule has 0 aliphatic carbocycles. The van der Waals surface area contributed by atoms with Crippen molar-refractivity contribution >= 4 is 6.09 Å². The van der Waals surface area contributed by atoms with E-state index in [4.69, 9.17) is 4.74 Å². The van der Waals surface area contributed by atoms with Crippen molar-refractivity contribution in [2.45, 2.75) is 59.0 Å². The molecule has 1 amide bonds. The number of amides is 1. The summed E-state index contributed by atoms with van der Waals surface area (Å²) < 4.78 is 5.43. The van der Waals surface area contributed by atoms with E-state index in [9.17, 15) is 4.79 Å². The summed E-state index contributed by atoms with van der Waals surface area (Å²) in [6.07, 6.45) is 2.72. The second-order valence-corrected chi connectivity index (χ2v) is 5.55. The molecule has 0 fully saturated rings. The highest BCUT2D eigenvalue weighted by Crippen LogP contribution is 2.45. The molecular weight excluding hydrogens is 250 g/mol. The summed E-state index contributed by atoms with van der Waals surface area (Å²) >= 11 is 0. The van der Waals surface area contributed by atoms with Crippen molar-refractivity contribution in [1.29, 1.82) is 0 Å². The Kier molecular flexibility index (Phi) is 4.69. The van der Waals surface area contributed by atoms with E-state index >= 15 is 0 Å². The highest BCUT2D eigenvalue weighted by atomic mass is 16.6. The average molecular weight is 275 g/mol. The molecule has 2 atom stereocenters. The van der Waals surface area contributed by atoms with Crippen LogP contribution in [-0.4, -0.2) is 17.6 Å². The van der Waals surface area contributed by atoms with Crippen LogP contribution in [-0.2, 0) is 4.74 Å². The van der Waals surface area contributed by atoms with Gasteiger partial charge >= 0.3 is 6.09 Å². The normalized spacial score (nSPS) is 20.9. The molecule has 0 bridgehead atoms. The van der Waals surface area contributed by atoms with Crippen LogP contribution in [0.4, 0.5) is 4.79 Å². The van der Waals surface area contributed by atoms with Crippen molar-refractivity contribution in [3.63, 3.8) is 0 Å². The summed E-state index contributed by atoms with van der Waals surface area (Å²) in [5.74, 6) is 0. The lowest BCUT2D eigenvalue weighted by Gasteiger charge is -2.27. The molecule has 0 aromatic heterocycles. The van der Waals surface area contributed by atoms with Crippen molar-refractivity contribution in [1.82, 2.24) is 4.90 Å². The predicted octanol–water partition coefficient (Wildman–Crippen LogP) is 4.76. The average Bonchev–Trinajstić information content (AvgIpc) is 2.73. The first kappa shape index (κ1) is 14.9. The van der Waals surface area contributed by atoms with Gasteiger partial charge in [-0.15, -0.1) is 0 Å². The van der Waals surface area contributed by atoms with E-state index in [0.29, 0.717) is 6.61 Å². The van der Waals surface area contributed by atoms with Gasteiger partial charge in [0.15, 0.2) is 0 Å². The van der Waals surface area contributed by atoms with E-state index in [1.807, 2.05) is 4.90 Å². The quantitative estimate of drug-likeness (QED) is 0.741. The van der Waals surface area contributed by atoms with Gasteiger partial charge in [0.05, 0.1) is 18.7 Å². The molecular formula is C17H25NO2. The molecule has 1 heterocycles. The summed E-state index contributed by atoms with van der Waals surface area (Å²) in [5, 5.41) is 0. The zero-order valence-electron chi connectivity index (χ0n) is 13.0. The van der Waals surface area contributed by atoms with E-state index < -0.39 is 0 Å². The van der Waals surface area contributed by atoms with Gasteiger partial charge in [-0.25, -0.2) is 4.79 Å². The van der Waals surface area contributed by atoms with Crippen molar-refractivity contribution in [3.05, 3.63) is 34.9 Å². The minimum Gasteiger partial charge on any atom is -0.449 e. The molecule has 0 spiro atoms. The van der Waals surface area contributed by atoms with Gasteiger partial charge in [0.25, 0.3) is 0 Å². The first-order valence-corrected chi connectivity index (χ1v) is 7.66. The zero-order valence-corrected chi connectivity index (χ0v) is 13.0. The van der Waals surface area contributed by atoms with E-state index in [-0.39, 0.29) is 18.2 Å². The number of aryl methyl sites for hydroxylation is 1. The van der Waals surface area contributed by atoms with Gasteiger partial charge in [0.2, 0.25) is 0 Å². The minimum absolute atomic E-state index is 0.101. The highest BCUT2D eigenvalue weighted by molar-refractivity contribution is 5.71. The highest BCUT2D eigenvalue weighted by Gasteiger charge is 2.39. The van der Waals surface area contributed by atoms with Gasteiger partial charge in [-0.3, -0.25) is 4.90 Å². The van der Waals surface area contributed by atoms with Gasteiger partial charge in [0.1, 0.15) is 0 Å². The van der Waals surface area contributed by atoms with Gasteiger partial charge in [-0.1, -0.05) is 38.5 Å². The molecule has 0 saturated carbocycles. The number of carbonyl (C=O) groups is 1. The van der Waals surface area contributed by atoms with Crippen molar-refractivity contribution < 1.29 is 9.53 Å². The third kappa shape index (κ3) is 2.54. The molecule has 1 aliphatic heterocycles. The number of benzene rings is 1. The Morgan fingerprint density at radius 3 is 2.75 bits per heavy atom. The Labute approximate surface area is 121 Å². The Morgan fingerprint density at radius 2 is 2.10 bits per heavy atom. The van der Waals surface area contributed by atoms with Crippen LogP contribution in [0.1, 0.15) is 68.8 Å². The Morgan fingerprint density at radius 1 is 1.35 bits per heavy atom. The van der Waals surface area contributed by atoms with Crippen LogP contribution in [0.5, 0.6) is 0 Å². The molecule has 1 aromatic rings. The van der Waals surface area contributed by atoms with Crippen LogP contribution in [0.2, 0.25) is 0 Å². The third-order valence-electron chi connectivity index (χ3n) is 4.22. The van der Waals surface area contributed by atoms with E-state index in [1.54, 1.807) is 0 Å². The van der Waals surface area contributed by atoms with Crippen molar-refractivity contribution in [2.24, 2.45) is 0 Å². The molecule has 0 N–H and O–H groups in total. The smallest absolute Gasteiger partial charge is 0.410 e. The molecule has 1 aliphatic rings. The molecule has 1 aromatic carbocycles. The van der Waals surface area contributed by atoms with Crippen molar-refractivity contribution in [2.75, 3.05) is 6.61 Å². The molecule has 20 heavy (non-hydrogen) atoms. The third-order valence-corrected chi connectivity index (χ3v) is 4.22. The molecule has 0 unspecified atom stereocenters. The molecule has 3 heteroatoms. The van der Waals surface area contributed by atoms with Crippen LogP contribution in [0.25, 0.3) is 0 Å². The molecule has 110 valence electrons. The monoisotopic (exact) mass is 275 g/mol. The minimum atomic E-state index is -0.173.